The third-order valence-corrected chi connectivity index (χ3v) is 3.54. The molecule has 1 saturated heterocycles. The molecule has 1 aromatic heterocycles. The van der Waals surface area contributed by atoms with Crippen LogP contribution in [0.4, 0.5) is 5.69 Å². The quantitative estimate of drug-likeness (QED) is 0.743. The maximum absolute atomic E-state index is 12.2. The van der Waals surface area contributed by atoms with Gasteiger partial charge in [0.2, 0.25) is 5.91 Å². The number of nitrogen functional groups attached to an aromatic ring is 1. The van der Waals surface area contributed by atoms with Gasteiger partial charge in [0.25, 0.3) is 5.91 Å². The van der Waals surface area contributed by atoms with Crippen LogP contribution >= 0.6 is 0 Å². The highest BCUT2D eigenvalue weighted by Crippen LogP contribution is 2.16. The molecule has 4 N–H and O–H groups in total. The number of carbonyl (C=O) groups excluding carboxylic acids is 2. The molecule has 0 aromatic carbocycles. The Morgan fingerprint density at radius 2 is 2.10 bits per heavy atom. The molecule has 2 heterocycles. The first-order valence-corrected chi connectivity index (χ1v) is 6.87. The van der Waals surface area contributed by atoms with Gasteiger partial charge >= 0.3 is 0 Å². The molecule has 0 spiro atoms. The molecule has 110 valence electrons. The number of nitrogens with zero attached hydrogens (tertiary/aromatic N) is 2. The number of likely N-dealkylation sites (tertiary alicyclic amines) is 1. The van der Waals surface area contributed by atoms with Gasteiger partial charge < -0.3 is 16.0 Å². The van der Waals surface area contributed by atoms with E-state index in [2.05, 4.69) is 15.5 Å². The molecular formula is C13H21N5O2. The number of H-pyrrole nitrogens is 1. The largest absolute Gasteiger partial charge is 0.396 e. The highest BCUT2D eigenvalue weighted by atomic mass is 16.2. The predicted octanol–water partition coefficient (Wildman–Crippen LogP) is 0.369. The number of rotatable bonds is 3. The smallest absolute Gasteiger partial charge is 0.274 e. The van der Waals surface area contributed by atoms with Crippen LogP contribution in [0.2, 0.25) is 0 Å². The molecule has 1 aromatic rings. The van der Waals surface area contributed by atoms with Gasteiger partial charge in [-0.3, -0.25) is 14.7 Å². The Morgan fingerprint density at radius 3 is 2.60 bits per heavy atom. The van der Waals surface area contributed by atoms with Crippen molar-refractivity contribution in [2.24, 2.45) is 5.92 Å². The van der Waals surface area contributed by atoms with Crippen LogP contribution in [-0.2, 0) is 4.79 Å². The lowest BCUT2D eigenvalue weighted by Crippen LogP contribution is -2.47. The van der Waals surface area contributed by atoms with Crippen LogP contribution in [0.5, 0.6) is 0 Å². The predicted molar refractivity (Wildman–Crippen MR) is 74.9 cm³/mol. The lowest BCUT2D eigenvalue weighted by atomic mass is 10.0. The van der Waals surface area contributed by atoms with E-state index in [-0.39, 0.29) is 23.8 Å². The normalized spacial score (nSPS) is 16.4. The van der Waals surface area contributed by atoms with Crippen LogP contribution in [0.15, 0.2) is 6.20 Å². The van der Waals surface area contributed by atoms with E-state index in [0.717, 1.165) is 12.8 Å². The Bertz CT molecular complexity index is 489. The van der Waals surface area contributed by atoms with Crippen molar-refractivity contribution >= 4 is 17.5 Å². The molecule has 7 heteroatoms. The second kappa shape index (κ2) is 5.94. The van der Waals surface area contributed by atoms with Crippen molar-refractivity contribution in [3.05, 3.63) is 11.9 Å². The lowest BCUT2D eigenvalue weighted by Gasteiger charge is -2.32. The number of nitrogens with one attached hydrogen (secondary N) is 2. The second-order valence-electron chi connectivity index (χ2n) is 5.43. The van der Waals surface area contributed by atoms with E-state index in [1.54, 1.807) is 4.90 Å². The molecule has 1 aliphatic rings. The zero-order valence-corrected chi connectivity index (χ0v) is 11.8. The summed E-state index contributed by atoms with van der Waals surface area (Å²) >= 11 is 0. The monoisotopic (exact) mass is 279 g/mol. The van der Waals surface area contributed by atoms with Crippen LogP contribution in [0.1, 0.15) is 37.2 Å². The summed E-state index contributed by atoms with van der Waals surface area (Å²) in [5.74, 6) is -0.0827. The van der Waals surface area contributed by atoms with Crippen LogP contribution in [0.3, 0.4) is 0 Å². The first-order valence-electron chi connectivity index (χ1n) is 6.87. The SMILES string of the molecule is CC(C)C(=O)NC1CCN(C(=O)c2[nH]ncc2N)CC1. The van der Waals surface area contributed by atoms with Crippen molar-refractivity contribution in [1.82, 2.24) is 20.4 Å². The van der Waals surface area contributed by atoms with Crippen molar-refractivity contribution in [2.45, 2.75) is 32.7 Å². The summed E-state index contributed by atoms with van der Waals surface area (Å²) in [7, 11) is 0. The van der Waals surface area contributed by atoms with Gasteiger partial charge in [0.1, 0.15) is 5.69 Å². The third-order valence-electron chi connectivity index (χ3n) is 3.54. The van der Waals surface area contributed by atoms with E-state index in [4.69, 9.17) is 5.73 Å². The molecule has 2 rings (SSSR count). The number of amides is 2. The van der Waals surface area contributed by atoms with Gasteiger partial charge in [0, 0.05) is 25.0 Å². The molecule has 2 amide bonds. The van der Waals surface area contributed by atoms with Gasteiger partial charge in [0.15, 0.2) is 0 Å². The van der Waals surface area contributed by atoms with E-state index >= 15 is 0 Å². The number of aromatic amines is 1. The van der Waals surface area contributed by atoms with Crippen LogP contribution in [-0.4, -0.2) is 46.0 Å². The molecule has 0 unspecified atom stereocenters. The molecule has 0 saturated carbocycles. The Hall–Kier alpha value is -2.05. The summed E-state index contributed by atoms with van der Waals surface area (Å²) in [5.41, 5.74) is 6.38. The highest BCUT2D eigenvalue weighted by Gasteiger charge is 2.26. The maximum atomic E-state index is 12.2. The van der Waals surface area contributed by atoms with E-state index in [0.29, 0.717) is 24.5 Å². The van der Waals surface area contributed by atoms with E-state index in [9.17, 15) is 9.59 Å². The van der Waals surface area contributed by atoms with Crippen molar-refractivity contribution in [3.8, 4) is 0 Å². The number of piperidine rings is 1. The Kier molecular flexibility index (Phi) is 4.26. The fourth-order valence-corrected chi connectivity index (χ4v) is 2.22. The Balaban J connectivity index is 1.87. The van der Waals surface area contributed by atoms with Crippen LogP contribution in [0.25, 0.3) is 0 Å². The van der Waals surface area contributed by atoms with Gasteiger partial charge in [0.05, 0.1) is 11.9 Å². The average Bonchev–Trinajstić information content (AvgIpc) is 2.85. The number of carbonyl (C=O) groups is 2. The van der Waals surface area contributed by atoms with Crippen molar-refractivity contribution < 1.29 is 9.59 Å². The average molecular weight is 279 g/mol. The standard InChI is InChI=1S/C13H21N5O2/c1-8(2)12(19)16-9-3-5-18(6-4-9)13(20)11-10(14)7-15-17-11/h7-9H,3-6,14H2,1-2H3,(H,15,17)(H,16,19). The fraction of sp³-hybridized carbons (Fsp3) is 0.615. The third kappa shape index (κ3) is 3.09. The van der Waals surface area contributed by atoms with Gasteiger partial charge in [-0.15, -0.1) is 0 Å². The molecule has 1 fully saturated rings. The number of anilines is 1. The number of nitrogens with two attached hydrogens (primary N) is 1. The van der Waals surface area contributed by atoms with Gasteiger partial charge in [-0.25, -0.2) is 0 Å². The van der Waals surface area contributed by atoms with E-state index < -0.39 is 0 Å². The molecule has 20 heavy (non-hydrogen) atoms. The molecule has 7 nitrogen and oxygen atoms in total. The van der Waals surface area contributed by atoms with Gasteiger partial charge in [-0.05, 0) is 12.8 Å². The molecule has 0 aliphatic carbocycles. The van der Waals surface area contributed by atoms with E-state index in [1.807, 2.05) is 13.8 Å². The first kappa shape index (κ1) is 14.4. The van der Waals surface area contributed by atoms with Crippen LogP contribution in [0, 0.1) is 5.92 Å². The number of aromatic nitrogens is 2. The minimum Gasteiger partial charge on any atom is -0.396 e. The maximum Gasteiger partial charge on any atom is 0.274 e. The molecule has 0 bridgehead atoms. The number of hydrogen-bond donors (Lipinski definition) is 3. The minimum absolute atomic E-state index is 0.0144. The second-order valence-corrected chi connectivity index (χ2v) is 5.43. The summed E-state index contributed by atoms with van der Waals surface area (Å²) in [6.45, 7) is 4.96. The van der Waals surface area contributed by atoms with Gasteiger partial charge in [-0.2, -0.15) is 5.10 Å². The molecule has 0 atom stereocenters. The lowest BCUT2D eigenvalue weighted by molar-refractivity contribution is -0.124. The summed E-state index contributed by atoms with van der Waals surface area (Å²) in [6.07, 6.45) is 2.96. The van der Waals surface area contributed by atoms with Crippen molar-refractivity contribution in [2.75, 3.05) is 18.8 Å². The topological polar surface area (TPSA) is 104 Å². The van der Waals surface area contributed by atoms with E-state index in [1.165, 1.54) is 6.20 Å². The summed E-state index contributed by atoms with van der Waals surface area (Å²) in [4.78, 5) is 25.6. The first-order chi connectivity index (χ1) is 9.49. The number of hydrogen-bond acceptors (Lipinski definition) is 4. The fourth-order valence-electron chi connectivity index (χ4n) is 2.22. The van der Waals surface area contributed by atoms with Crippen molar-refractivity contribution in [3.63, 3.8) is 0 Å². The highest BCUT2D eigenvalue weighted by molar-refractivity contribution is 5.97. The zero-order chi connectivity index (χ0) is 14.7. The minimum atomic E-state index is -0.131. The molecule has 0 radical (unpaired) electrons. The van der Waals surface area contributed by atoms with Crippen molar-refractivity contribution in [1.29, 1.82) is 0 Å². The summed E-state index contributed by atoms with van der Waals surface area (Å²) < 4.78 is 0. The molecular weight excluding hydrogens is 258 g/mol. The van der Waals surface area contributed by atoms with Gasteiger partial charge in [-0.1, -0.05) is 13.8 Å². The zero-order valence-electron chi connectivity index (χ0n) is 11.8. The van der Waals surface area contributed by atoms with Crippen LogP contribution < -0.4 is 11.1 Å². The Morgan fingerprint density at radius 1 is 1.45 bits per heavy atom. The summed E-state index contributed by atoms with van der Waals surface area (Å²) in [5, 5.41) is 9.38. The Labute approximate surface area is 117 Å². The summed E-state index contributed by atoms with van der Waals surface area (Å²) in [6, 6.07) is 0.146. The molecule has 1 aliphatic heterocycles.